The molecule has 4 nitrogen and oxygen atoms in total. The summed E-state index contributed by atoms with van der Waals surface area (Å²) >= 11 is 17.8. The number of nitrogens with one attached hydrogen (secondary N) is 1. The SMILES string of the molecule is O=C(Cl)c1c(Cl)cc(N2CCC(C3CNCCO3)CC2)cc1Cl. The van der Waals surface area contributed by atoms with Crippen LogP contribution in [0.5, 0.6) is 0 Å². The van der Waals surface area contributed by atoms with Crippen LogP contribution in [-0.2, 0) is 4.74 Å². The molecule has 1 unspecified atom stereocenters. The molecular formula is C16H19Cl3N2O2. The number of benzene rings is 1. The van der Waals surface area contributed by atoms with Gasteiger partial charge in [0, 0.05) is 31.9 Å². The second-order valence-electron chi connectivity index (χ2n) is 6.00. The van der Waals surface area contributed by atoms with Gasteiger partial charge in [0.15, 0.2) is 0 Å². The van der Waals surface area contributed by atoms with E-state index < -0.39 is 5.24 Å². The molecule has 1 aromatic carbocycles. The van der Waals surface area contributed by atoms with Crippen molar-refractivity contribution in [2.45, 2.75) is 18.9 Å². The Kier molecular flexibility index (Phi) is 5.70. The largest absolute Gasteiger partial charge is 0.375 e. The zero-order chi connectivity index (χ0) is 16.4. The molecule has 1 atom stereocenters. The molecule has 0 aliphatic carbocycles. The molecule has 7 heteroatoms. The maximum Gasteiger partial charge on any atom is 0.255 e. The summed E-state index contributed by atoms with van der Waals surface area (Å²) in [5.74, 6) is 0.577. The van der Waals surface area contributed by atoms with Crippen molar-refractivity contribution >= 4 is 45.7 Å². The number of rotatable bonds is 3. The lowest BCUT2D eigenvalue weighted by molar-refractivity contribution is -0.0155. The van der Waals surface area contributed by atoms with Crippen LogP contribution in [0.2, 0.25) is 10.0 Å². The first-order chi connectivity index (χ1) is 11.1. The van der Waals surface area contributed by atoms with E-state index in [0.29, 0.717) is 22.1 Å². The lowest BCUT2D eigenvalue weighted by Crippen LogP contribution is -2.46. The Morgan fingerprint density at radius 1 is 1.22 bits per heavy atom. The quantitative estimate of drug-likeness (QED) is 0.818. The van der Waals surface area contributed by atoms with Crippen LogP contribution >= 0.6 is 34.8 Å². The van der Waals surface area contributed by atoms with Gasteiger partial charge in [-0.05, 0) is 42.5 Å². The van der Waals surface area contributed by atoms with E-state index in [2.05, 4.69) is 10.2 Å². The predicted octanol–water partition coefficient (Wildman–Crippen LogP) is 3.58. The normalized spacial score (nSPS) is 23.1. The van der Waals surface area contributed by atoms with Crippen molar-refractivity contribution in [3.63, 3.8) is 0 Å². The molecule has 1 aromatic rings. The van der Waals surface area contributed by atoms with Crippen LogP contribution in [-0.4, -0.2) is 44.1 Å². The fraction of sp³-hybridized carbons (Fsp3) is 0.562. The number of piperidine rings is 1. The van der Waals surface area contributed by atoms with Gasteiger partial charge in [-0.3, -0.25) is 4.79 Å². The third-order valence-corrected chi connectivity index (χ3v) is 5.40. The van der Waals surface area contributed by atoms with E-state index in [9.17, 15) is 4.79 Å². The maximum absolute atomic E-state index is 11.4. The van der Waals surface area contributed by atoms with Crippen LogP contribution in [0.1, 0.15) is 23.2 Å². The van der Waals surface area contributed by atoms with Gasteiger partial charge in [0.25, 0.3) is 5.24 Å². The number of ether oxygens (including phenoxy) is 1. The fourth-order valence-corrected chi connectivity index (χ4v) is 4.30. The first-order valence-corrected chi connectivity index (χ1v) is 8.96. The van der Waals surface area contributed by atoms with Crippen LogP contribution in [0.15, 0.2) is 12.1 Å². The summed E-state index contributed by atoms with van der Waals surface area (Å²) in [6.07, 6.45) is 2.45. The van der Waals surface area contributed by atoms with Gasteiger partial charge in [-0.25, -0.2) is 0 Å². The Morgan fingerprint density at radius 3 is 2.39 bits per heavy atom. The summed E-state index contributed by atoms with van der Waals surface area (Å²) < 4.78 is 5.86. The first kappa shape index (κ1) is 17.3. The maximum atomic E-state index is 11.4. The van der Waals surface area contributed by atoms with Crippen molar-refractivity contribution in [1.29, 1.82) is 0 Å². The highest BCUT2D eigenvalue weighted by Gasteiger charge is 2.29. The van der Waals surface area contributed by atoms with Gasteiger partial charge in [-0.15, -0.1) is 0 Å². The minimum atomic E-state index is -0.632. The molecule has 0 saturated carbocycles. The minimum Gasteiger partial charge on any atom is -0.375 e. The van der Waals surface area contributed by atoms with Crippen LogP contribution in [0.3, 0.4) is 0 Å². The third kappa shape index (κ3) is 3.94. The Balaban J connectivity index is 1.66. The van der Waals surface area contributed by atoms with Crippen LogP contribution in [0.4, 0.5) is 5.69 Å². The lowest BCUT2D eigenvalue weighted by atomic mass is 9.90. The number of nitrogens with zero attached hydrogens (tertiary/aromatic N) is 1. The fourth-order valence-electron chi connectivity index (χ4n) is 3.35. The summed E-state index contributed by atoms with van der Waals surface area (Å²) in [7, 11) is 0. The Hall–Kier alpha value is -0.520. The summed E-state index contributed by atoms with van der Waals surface area (Å²) in [4.78, 5) is 13.6. The number of anilines is 1. The summed E-state index contributed by atoms with van der Waals surface area (Å²) in [5, 5.41) is 3.36. The molecule has 0 radical (unpaired) electrons. The van der Waals surface area contributed by atoms with Gasteiger partial charge in [0.2, 0.25) is 0 Å². The number of morpholine rings is 1. The molecule has 0 aromatic heterocycles. The minimum absolute atomic E-state index is 0.176. The second-order valence-corrected chi connectivity index (χ2v) is 7.15. The zero-order valence-electron chi connectivity index (χ0n) is 12.7. The number of hydrogen-bond donors (Lipinski definition) is 1. The van der Waals surface area contributed by atoms with E-state index in [1.54, 1.807) is 12.1 Å². The summed E-state index contributed by atoms with van der Waals surface area (Å²) in [6, 6.07) is 3.53. The van der Waals surface area contributed by atoms with Gasteiger partial charge < -0.3 is 15.0 Å². The third-order valence-electron chi connectivity index (χ3n) is 4.61. The van der Waals surface area contributed by atoms with E-state index in [0.717, 1.165) is 51.3 Å². The molecule has 2 aliphatic heterocycles. The smallest absolute Gasteiger partial charge is 0.255 e. The van der Waals surface area contributed by atoms with Gasteiger partial charge >= 0.3 is 0 Å². The van der Waals surface area contributed by atoms with E-state index in [1.807, 2.05) is 0 Å². The average molecular weight is 378 g/mol. The van der Waals surface area contributed by atoms with Crippen molar-refractivity contribution < 1.29 is 9.53 Å². The topological polar surface area (TPSA) is 41.6 Å². The molecule has 126 valence electrons. The molecule has 2 aliphatic rings. The molecule has 1 N–H and O–H groups in total. The van der Waals surface area contributed by atoms with Crippen molar-refractivity contribution in [2.24, 2.45) is 5.92 Å². The summed E-state index contributed by atoms with van der Waals surface area (Å²) in [6.45, 7) is 4.52. The number of carbonyl (C=O) groups is 1. The Morgan fingerprint density at radius 2 is 1.87 bits per heavy atom. The van der Waals surface area contributed by atoms with Crippen molar-refractivity contribution in [1.82, 2.24) is 5.32 Å². The molecule has 3 rings (SSSR count). The van der Waals surface area contributed by atoms with Crippen LogP contribution in [0.25, 0.3) is 0 Å². The molecule has 2 heterocycles. The van der Waals surface area contributed by atoms with Crippen molar-refractivity contribution in [3.8, 4) is 0 Å². The highest BCUT2D eigenvalue weighted by Crippen LogP contribution is 2.34. The van der Waals surface area contributed by atoms with Gasteiger partial charge in [-0.1, -0.05) is 23.2 Å². The number of halogens is 3. The van der Waals surface area contributed by atoms with E-state index >= 15 is 0 Å². The van der Waals surface area contributed by atoms with Gasteiger partial charge in [0.05, 0.1) is 28.3 Å². The van der Waals surface area contributed by atoms with Gasteiger partial charge in [-0.2, -0.15) is 0 Å². The Labute approximate surface area is 151 Å². The van der Waals surface area contributed by atoms with Crippen LogP contribution in [0, 0.1) is 5.92 Å². The second kappa shape index (κ2) is 7.58. The summed E-state index contributed by atoms with van der Waals surface area (Å²) in [5.41, 5.74) is 1.11. The molecule has 0 amide bonds. The zero-order valence-corrected chi connectivity index (χ0v) is 14.9. The molecule has 2 fully saturated rings. The number of carbonyl (C=O) groups excluding carboxylic acids is 1. The monoisotopic (exact) mass is 376 g/mol. The van der Waals surface area contributed by atoms with E-state index in [-0.39, 0.29) is 5.56 Å². The molecule has 0 spiro atoms. The predicted molar refractivity (Wildman–Crippen MR) is 94.2 cm³/mol. The standard InChI is InChI=1S/C16H19Cl3N2O2/c17-12-7-11(8-13(18)15(12)16(19)22)21-4-1-10(2-5-21)14-9-20-3-6-23-14/h7-8,10,14,20H,1-6,9H2. The first-order valence-electron chi connectivity index (χ1n) is 7.82. The number of hydrogen-bond acceptors (Lipinski definition) is 4. The van der Waals surface area contributed by atoms with Gasteiger partial charge in [0.1, 0.15) is 0 Å². The lowest BCUT2D eigenvalue weighted by Gasteiger charge is -2.38. The van der Waals surface area contributed by atoms with Crippen LogP contribution < -0.4 is 10.2 Å². The van der Waals surface area contributed by atoms with Crippen molar-refractivity contribution in [3.05, 3.63) is 27.7 Å². The average Bonchev–Trinajstić information content (AvgIpc) is 2.55. The molecule has 23 heavy (non-hydrogen) atoms. The molecule has 0 bridgehead atoms. The highest BCUT2D eigenvalue weighted by atomic mass is 35.5. The molecular weight excluding hydrogens is 359 g/mol. The Bertz CT molecular complexity index is 560. The van der Waals surface area contributed by atoms with Crippen molar-refractivity contribution in [2.75, 3.05) is 37.7 Å². The van der Waals surface area contributed by atoms with E-state index in [1.165, 1.54) is 0 Å². The van der Waals surface area contributed by atoms with E-state index in [4.69, 9.17) is 39.5 Å². The molecule has 2 saturated heterocycles. The highest BCUT2D eigenvalue weighted by molar-refractivity contribution is 6.70.